The second-order valence-corrected chi connectivity index (χ2v) is 6.21. The SMILES string of the molecule is O=C(Nc1cccnc1)c1ccc(NC(=O)c2cc(F)ccc2Br)cc1. The molecule has 0 aliphatic carbocycles. The maximum Gasteiger partial charge on any atom is 0.256 e. The van der Waals surface area contributed by atoms with Gasteiger partial charge in [0.05, 0.1) is 17.4 Å². The third-order valence-electron chi connectivity index (χ3n) is 3.50. The van der Waals surface area contributed by atoms with Crippen molar-refractivity contribution < 1.29 is 14.0 Å². The molecule has 5 nitrogen and oxygen atoms in total. The Bertz CT molecular complexity index is 947. The molecule has 2 amide bonds. The van der Waals surface area contributed by atoms with Gasteiger partial charge in [-0.3, -0.25) is 14.6 Å². The van der Waals surface area contributed by atoms with Crippen molar-refractivity contribution in [2.45, 2.75) is 0 Å². The lowest BCUT2D eigenvalue weighted by Crippen LogP contribution is -2.14. The van der Waals surface area contributed by atoms with Crippen LogP contribution in [0.2, 0.25) is 0 Å². The monoisotopic (exact) mass is 413 g/mol. The molecular formula is C19H13BrFN3O2. The Balaban J connectivity index is 1.68. The van der Waals surface area contributed by atoms with Gasteiger partial charge in [0.25, 0.3) is 11.8 Å². The molecule has 3 aromatic rings. The molecule has 7 heteroatoms. The summed E-state index contributed by atoms with van der Waals surface area (Å²) in [5.74, 6) is -1.24. The summed E-state index contributed by atoms with van der Waals surface area (Å²) in [5.41, 5.74) is 1.69. The van der Waals surface area contributed by atoms with Gasteiger partial charge in [-0.25, -0.2) is 4.39 Å². The van der Waals surface area contributed by atoms with E-state index in [0.29, 0.717) is 21.4 Å². The molecule has 2 aromatic carbocycles. The van der Waals surface area contributed by atoms with Crippen molar-refractivity contribution in [3.8, 4) is 0 Å². The van der Waals surface area contributed by atoms with Gasteiger partial charge in [-0.2, -0.15) is 0 Å². The molecule has 0 aliphatic heterocycles. The van der Waals surface area contributed by atoms with Crippen LogP contribution in [0.15, 0.2) is 71.5 Å². The van der Waals surface area contributed by atoms with Gasteiger partial charge in [-0.1, -0.05) is 0 Å². The van der Waals surface area contributed by atoms with E-state index in [2.05, 4.69) is 31.5 Å². The van der Waals surface area contributed by atoms with Crippen LogP contribution < -0.4 is 10.6 Å². The molecule has 26 heavy (non-hydrogen) atoms. The van der Waals surface area contributed by atoms with E-state index >= 15 is 0 Å². The first-order valence-corrected chi connectivity index (χ1v) is 8.40. The summed E-state index contributed by atoms with van der Waals surface area (Å²) in [6.45, 7) is 0. The van der Waals surface area contributed by atoms with Gasteiger partial charge in [-0.05, 0) is 70.5 Å². The summed E-state index contributed by atoms with van der Waals surface area (Å²) in [4.78, 5) is 28.4. The summed E-state index contributed by atoms with van der Waals surface area (Å²) in [7, 11) is 0. The Morgan fingerprint density at radius 1 is 0.923 bits per heavy atom. The molecule has 1 aromatic heterocycles. The normalized spacial score (nSPS) is 10.2. The molecule has 1 heterocycles. The summed E-state index contributed by atoms with van der Waals surface area (Å²) in [5, 5.41) is 5.39. The number of nitrogens with zero attached hydrogens (tertiary/aromatic N) is 1. The van der Waals surface area contributed by atoms with E-state index in [0.717, 1.165) is 6.07 Å². The van der Waals surface area contributed by atoms with Gasteiger partial charge in [0.2, 0.25) is 0 Å². The predicted octanol–water partition coefficient (Wildman–Crippen LogP) is 4.49. The molecule has 2 N–H and O–H groups in total. The number of hydrogen-bond donors (Lipinski definition) is 2. The average molecular weight is 414 g/mol. The standard InChI is InChI=1S/C19H13BrFN3O2/c20-17-8-5-13(21)10-16(17)19(26)23-14-6-3-12(4-7-14)18(25)24-15-2-1-9-22-11-15/h1-11H,(H,23,26)(H,24,25). The van der Waals surface area contributed by atoms with E-state index < -0.39 is 11.7 Å². The number of aromatic nitrogens is 1. The van der Waals surface area contributed by atoms with Crippen molar-refractivity contribution >= 4 is 39.1 Å². The highest BCUT2D eigenvalue weighted by Crippen LogP contribution is 2.20. The molecule has 0 aliphatic rings. The van der Waals surface area contributed by atoms with Crippen LogP contribution in [0, 0.1) is 5.82 Å². The van der Waals surface area contributed by atoms with Crippen LogP contribution in [0.5, 0.6) is 0 Å². The summed E-state index contributed by atoms with van der Waals surface area (Å²) >= 11 is 3.22. The highest BCUT2D eigenvalue weighted by Gasteiger charge is 2.12. The largest absolute Gasteiger partial charge is 0.322 e. The zero-order valence-corrected chi connectivity index (χ0v) is 15.0. The number of anilines is 2. The topological polar surface area (TPSA) is 71.1 Å². The number of rotatable bonds is 4. The van der Waals surface area contributed by atoms with Crippen LogP contribution in [0.25, 0.3) is 0 Å². The molecule has 0 bridgehead atoms. The van der Waals surface area contributed by atoms with Crippen LogP contribution in [0.1, 0.15) is 20.7 Å². The maximum atomic E-state index is 13.3. The van der Waals surface area contributed by atoms with Gasteiger partial charge in [0, 0.05) is 21.9 Å². The van der Waals surface area contributed by atoms with Crippen LogP contribution in [-0.2, 0) is 0 Å². The molecule has 0 fully saturated rings. The average Bonchev–Trinajstić information content (AvgIpc) is 2.65. The number of hydrogen-bond acceptors (Lipinski definition) is 3. The zero-order valence-electron chi connectivity index (χ0n) is 13.4. The molecule has 3 rings (SSSR count). The van der Waals surface area contributed by atoms with Crippen LogP contribution in [-0.4, -0.2) is 16.8 Å². The van der Waals surface area contributed by atoms with Gasteiger partial charge >= 0.3 is 0 Å². The zero-order chi connectivity index (χ0) is 18.5. The number of carbonyl (C=O) groups excluding carboxylic acids is 2. The lowest BCUT2D eigenvalue weighted by molar-refractivity contribution is 0.101. The number of carbonyl (C=O) groups is 2. The van der Waals surface area contributed by atoms with Crippen molar-refractivity contribution in [1.29, 1.82) is 0 Å². The van der Waals surface area contributed by atoms with E-state index in [9.17, 15) is 14.0 Å². The Morgan fingerprint density at radius 2 is 1.65 bits per heavy atom. The third-order valence-corrected chi connectivity index (χ3v) is 4.19. The lowest BCUT2D eigenvalue weighted by Gasteiger charge is -2.08. The number of halogens is 2. The lowest BCUT2D eigenvalue weighted by atomic mass is 10.1. The molecule has 130 valence electrons. The molecule has 0 atom stereocenters. The number of nitrogens with one attached hydrogen (secondary N) is 2. The van der Waals surface area contributed by atoms with Crippen LogP contribution in [0.4, 0.5) is 15.8 Å². The first-order chi connectivity index (χ1) is 12.5. The van der Waals surface area contributed by atoms with E-state index in [-0.39, 0.29) is 11.5 Å². The number of benzene rings is 2. The first kappa shape index (κ1) is 17.8. The van der Waals surface area contributed by atoms with Crippen LogP contribution in [0.3, 0.4) is 0 Å². The highest BCUT2D eigenvalue weighted by molar-refractivity contribution is 9.10. The molecule has 0 radical (unpaired) electrons. The first-order valence-electron chi connectivity index (χ1n) is 7.61. The van der Waals surface area contributed by atoms with E-state index in [1.165, 1.54) is 12.1 Å². The fourth-order valence-electron chi connectivity index (χ4n) is 2.21. The Labute approximate surface area is 157 Å². The molecule has 0 spiro atoms. The van der Waals surface area contributed by atoms with Gasteiger partial charge < -0.3 is 10.6 Å². The van der Waals surface area contributed by atoms with E-state index in [1.54, 1.807) is 48.8 Å². The fraction of sp³-hybridized carbons (Fsp3) is 0. The minimum absolute atomic E-state index is 0.184. The minimum atomic E-state index is -0.499. The van der Waals surface area contributed by atoms with Gasteiger partial charge in [0.1, 0.15) is 5.82 Å². The smallest absolute Gasteiger partial charge is 0.256 e. The second kappa shape index (κ2) is 7.88. The van der Waals surface area contributed by atoms with E-state index in [1.807, 2.05) is 0 Å². The van der Waals surface area contributed by atoms with Gasteiger partial charge in [-0.15, -0.1) is 0 Å². The second-order valence-electron chi connectivity index (χ2n) is 5.35. The summed E-state index contributed by atoms with van der Waals surface area (Å²) in [6, 6.07) is 13.7. The minimum Gasteiger partial charge on any atom is -0.322 e. The highest BCUT2D eigenvalue weighted by atomic mass is 79.9. The molecular weight excluding hydrogens is 401 g/mol. The summed E-state index contributed by atoms with van der Waals surface area (Å²) < 4.78 is 13.8. The Hall–Kier alpha value is -3.06. The molecule has 0 saturated carbocycles. The number of amides is 2. The summed E-state index contributed by atoms with van der Waals surface area (Å²) in [6.07, 6.45) is 3.16. The van der Waals surface area contributed by atoms with Crippen molar-refractivity contribution in [3.05, 3.63) is 88.4 Å². The van der Waals surface area contributed by atoms with Crippen LogP contribution >= 0.6 is 15.9 Å². The fourth-order valence-corrected chi connectivity index (χ4v) is 2.64. The van der Waals surface area contributed by atoms with Crippen molar-refractivity contribution in [3.63, 3.8) is 0 Å². The third kappa shape index (κ3) is 4.31. The molecule has 0 saturated heterocycles. The maximum absolute atomic E-state index is 13.3. The van der Waals surface area contributed by atoms with Crippen molar-refractivity contribution in [1.82, 2.24) is 4.98 Å². The molecule has 0 unspecified atom stereocenters. The van der Waals surface area contributed by atoms with E-state index in [4.69, 9.17) is 0 Å². The predicted molar refractivity (Wildman–Crippen MR) is 101 cm³/mol. The number of pyridine rings is 1. The van der Waals surface area contributed by atoms with Crippen molar-refractivity contribution in [2.24, 2.45) is 0 Å². The van der Waals surface area contributed by atoms with Gasteiger partial charge in [0.15, 0.2) is 0 Å². The van der Waals surface area contributed by atoms with Crippen molar-refractivity contribution in [2.75, 3.05) is 10.6 Å². The Morgan fingerprint density at radius 3 is 2.35 bits per heavy atom. The Kier molecular flexibility index (Phi) is 5.38. The quantitative estimate of drug-likeness (QED) is 0.661.